The average molecular weight is 298 g/mol. The number of rotatable bonds is 2. The monoisotopic (exact) mass is 298 g/mol. The third-order valence-corrected chi connectivity index (χ3v) is 6.33. The van der Waals surface area contributed by atoms with Crippen LogP contribution in [-0.4, -0.2) is 19.0 Å². The van der Waals surface area contributed by atoms with Gasteiger partial charge in [0.05, 0.1) is 0 Å². The third kappa shape index (κ3) is 2.02. The molecule has 0 saturated heterocycles. The summed E-state index contributed by atoms with van der Waals surface area (Å²) in [5.74, 6) is 0.874. The fourth-order valence-electron chi connectivity index (χ4n) is 5.15. The molecule has 1 spiro atoms. The highest BCUT2D eigenvalue weighted by Crippen LogP contribution is 2.51. The number of nitrogens with zero attached hydrogens (tertiary/aromatic N) is 1. The lowest BCUT2D eigenvalue weighted by atomic mass is 9.81. The lowest BCUT2D eigenvalue weighted by molar-refractivity contribution is -0.123. The molecule has 2 fully saturated rings. The summed E-state index contributed by atoms with van der Waals surface area (Å²) in [4.78, 5) is 15.3. The molecule has 1 aliphatic heterocycles. The summed E-state index contributed by atoms with van der Waals surface area (Å²) in [7, 11) is 0. The standard InChI is InChI=1S/C19H26N2O/c20-12-14-6-5-7-15(14)18(22)21-13-19(10-3-4-11-19)16-8-1-2-9-17(16)21/h1-2,8-9,14-15H,3-7,10-13,20H2/t14-,15-/m1/s1. The van der Waals surface area contributed by atoms with E-state index in [1.165, 1.54) is 36.9 Å². The molecule has 1 aromatic rings. The molecule has 1 aromatic carbocycles. The van der Waals surface area contributed by atoms with Gasteiger partial charge in [0.25, 0.3) is 0 Å². The Bertz CT molecular complexity index is 577. The molecule has 1 amide bonds. The van der Waals surface area contributed by atoms with E-state index in [-0.39, 0.29) is 11.3 Å². The second kappa shape index (κ2) is 5.38. The Kier molecular flexibility index (Phi) is 3.48. The van der Waals surface area contributed by atoms with Crippen molar-refractivity contribution in [1.29, 1.82) is 0 Å². The molecule has 118 valence electrons. The van der Waals surface area contributed by atoms with Gasteiger partial charge in [-0.1, -0.05) is 37.5 Å². The maximum absolute atomic E-state index is 13.2. The van der Waals surface area contributed by atoms with E-state index in [1.807, 2.05) is 0 Å². The van der Waals surface area contributed by atoms with Crippen molar-refractivity contribution in [3.63, 3.8) is 0 Å². The molecule has 4 rings (SSSR count). The first kappa shape index (κ1) is 14.3. The second-order valence-corrected chi connectivity index (χ2v) is 7.46. The normalized spacial score (nSPS) is 29.2. The van der Waals surface area contributed by atoms with Crippen molar-refractivity contribution in [2.75, 3.05) is 18.0 Å². The Morgan fingerprint density at radius 1 is 1.18 bits per heavy atom. The van der Waals surface area contributed by atoms with Crippen LogP contribution in [-0.2, 0) is 10.2 Å². The summed E-state index contributed by atoms with van der Waals surface area (Å²) in [5.41, 5.74) is 8.74. The summed E-state index contributed by atoms with van der Waals surface area (Å²) >= 11 is 0. The predicted octanol–water partition coefficient (Wildman–Crippen LogP) is 3.22. The Morgan fingerprint density at radius 3 is 2.73 bits per heavy atom. The maximum atomic E-state index is 13.2. The molecule has 0 unspecified atom stereocenters. The number of carbonyl (C=O) groups excluding carboxylic acids is 1. The molecule has 3 nitrogen and oxygen atoms in total. The van der Waals surface area contributed by atoms with Crippen LogP contribution in [0, 0.1) is 11.8 Å². The first-order chi connectivity index (χ1) is 10.7. The van der Waals surface area contributed by atoms with Gasteiger partial charge in [0.1, 0.15) is 0 Å². The zero-order valence-corrected chi connectivity index (χ0v) is 13.3. The molecule has 2 aliphatic carbocycles. The number of hydrogen-bond donors (Lipinski definition) is 1. The van der Waals surface area contributed by atoms with Gasteiger partial charge in [-0.2, -0.15) is 0 Å². The van der Waals surface area contributed by atoms with Crippen LogP contribution in [0.2, 0.25) is 0 Å². The number of benzene rings is 1. The van der Waals surface area contributed by atoms with Crippen LogP contribution in [0.5, 0.6) is 0 Å². The first-order valence-corrected chi connectivity index (χ1v) is 8.86. The fraction of sp³-hybridized carbons (Fsp3) is 0.632. The first-order valence-electron chi connectivity index (χ1n) is 8.86. The highest BCUT2D eigenvalue weighted by atomic mass is 16.2. The Balaban J connectivity index is 1.67. The van der Waals surface area contributed by atoms with Gasteiger partial charge in [-0.15, -0.1) is 0 Å². The number of para-hydroxylation sites is 1. The fourth-order valence-corrected chi connectivity index (χ4v) is 5.15. The Morgan fingerprint density at radius 2 is 1.95 bits per heavy atom. The van der Waals surface area contributed by atoms with E-state index in [1.54, 1.807) is 0 Å². The average Bonchev–Trinajstić information content (AvgIpc) is 3.27. The minimum Gasteiger partial charge on any atom is -0.330 e. The molecule has 2 N–H and O–H groups in total. The number of fused-ring (bicyclic) bond motifs is 2. The van der Waals surface area contributed by atoms with Gasteiger partial charge in [0.15, 0.2) is 0 Å². The Hall–Kier alpha value is -1.35. The van der Waals surface area contributed by atoms with Crippen LogP contribution < -0.4 is 10.6 Å². The molecule has 0 aromatic heterocycles. The lowest BCUT2D eigenvalue weighted by Gasteiger charge is -2.27. The van der Waals surface area contributed by atoms with Gasteiger partial charge < -0.3 is 10.6 Å². The van der Waals surface area contributed by atoms with Gasteiger partial charge in [-0.25, -0.2) is 0 Å². The van der Waals surface area contributed by atoms with Gasteiger partial charge >= 0.3 is 0 Å². The molecule has 2 atom stereocenters. The SMILES string of the molecule is NC[C@H]1CCC[C@H]1C(=O)N1CC2(CCCC2)c2ccccc21. The summed E-state index contributed by atoms with van der Waals surface area (Å²) in [6, 6.07) is 8.60. The quantitative estimate of drug-likeness (QED) is 0.911. The second-order valence-electron chi connectivity index (χ2n) is 7.46. The van der Waals surface area contributed by atoms with E-state index >= 15 is 0 Å². The molecular weight excluding hydrogens is 272 g/mol. The zero-order valence-electron chi connectivity index (χ0n) is 13.3. The number of nitrogens with two attached hydrogens (primary N) is 1. The lowest BCUT2D eigenvalue weighted by Crippen LogP contribution is -2.41. The van der Waals surface area contributed by atoms with Gasteiger partial charge in [-0.05, 0) is 49.8 Å². The molecule has 3 aliphatic rings. The molecule has 3 heteroatoms. The topological polar surface area (TPSA) is 46.3 Å². The summed E-state index contributed by atoms with van der Waals surface area (Å²) in [6.07, 6.45) is 8.35. The van der Waals surface area contributed by atoms with Crippen molar-refractivity contribution >= 4 is 11.6 Å². The highest BCUT2D eigenvalue weighted by molar-refractivity contribution is 5.98. The van der Waals surface area contributed by atoms with Crippen molar-refractivity contribution in [3.05, 3.63) is 29.8 Å². The smallest absolute Gasteiger partial charge is 0.230 e. The molecule has 0 radical (unpaired) electrons. The number of hydrogen-bond acceptors (Lipinski definition) is 2. The van der Waals surface area contributed by atoms with E-state index < -0.39 is 0 Å². The number of anilines is 1. The number of amides is 1. The molecular formula is C19H26N2O. The van der Waals surface area contributed by atoms with Gasteiger partial charge in [-0.3, -0.25) is 4.79 Å². The van der Waals surface area contributed by atoms with Crippen LogP contribution in [0.25, 0.3) is 0 Å². The minimum absolute atomic E-state index is 0.148. The largest absolute Gasteiger partial charge is 0.330 e. The Labute approximate surface area is 132 Å². The van der Waals surface area contributed by atoms with Crippen LogP contribution in [0.1, 0.15) is 50.5 Å². The van der Waals surface area contributed by atoms with Crippen LogP contribution in [0.15, 0.2) is 24.3 Å². The van der Waals surface area contributed by atoms with Crippen LogP contribution >= 0.6 is 0 Å². The zero-order chi connectivity index (χ0) is 15.2. The van der Waals surface area contributed by atoms with Crippen molar-refractivity contribution in [2.24, 2.45) is 17.6 Å². The van der Waals surface area contributed by atoms with E-state index in [0.29, 0.717) is 18.4 Å². The minimum atomic E-state index is 0.148. The van der Waals surface area contributed by atoms with E-state index in [9.17, 15) is 4.79 Å². The van der Waals surface area contributed by atoms with Crippen molar-refractivity contribution in [3.8, 4) is 0 Å². The highest BCUT2D eigenvalue weighted by Gasteiger charge is 2.47. The van der Waals surface area contributed by atoms with E-state index in [2.05, 4.69) is 29.2 Å². The van der Waals surface area contributed by atoms with Crippen molar-refractivity contribution in [2.45, 2.75) is 50.4 Å². The van der Waals surface area contributed by atoms with E-state index in [4.69, 9.17) is 5.73 Å². The third-order valence-electron chi connectivity index (χ3n) is 6.33. The van der Waals surface area contributed by atoms with Crippen LogP contribution in [0.3, 0.4) is 0 Å². The summed E-state index contributed by atoms with van der Waals surface area (Å²) in [6.45, 7) is 1.55. The van der Waals surface area contributed by atoms with E-state index in [0.717, 1.165) is 25.8 Å². The van der Waals surface area contributed by atoms with Gasteiger partial charge in [0, 0.05) is 23.6 Å². The molecule has 0 bridgehead atoms. The maximum Gasteiger partial charge on any atom is 0.230 e. The number of carbonyl (C=O) groups is 1. The van der Waals surface area contributed by atoms with Crippen molar-refractivity contribution in [1.82, 2.24) is 0 Å². The van der Waals surface area contributed by atoms with Crippen molar-refractivity contribution < 1.29 is 4.79 Å². The molecule has 22 heavy (non-hydrogen) atoms. The van der Waals surface area contributed by atoms with Gasteiger partial charge in [0.2, 0.25) is 5.91 Å². The molecule has 2 saturated carbocycles. The summed E-state index contributed by atoms with van der Waals surface area (Å²) < 4.78 is 0. The molecule has 1 heterocycles. The van der Waals surface area contributed by atoms with Crippen LogP contribution in [0.4, 0.5) is 5.69 Å². The predicted molar refractivity (Wildman–Crippen MR) is 88.8 cm³/mol. The summed E-state index contributed by atoms with van der Waals surface area (Å²) in [5, 5.41) is 0.